The number of hydrogen-bond donors (Lipinski definition) is 2. The third-order valence-corrected chi connectivity index (χ3v) is 2.25. The summed E-state index contributed by atoms with van der Waals surface area (Å²) in [6, 6.07) is 0. The first-order valence-corrected chi connectivity index (χ1v) is 3.92. The van der Waals surface area contributed by atoms with Crippen LogP contribution in [-0.2, 0) is 9.53 Å². The van der Waals surface area contributed by atoms with E-state index >= 15 is 0 Å². The van der Waals surface area contributed by atoms with Crippen molar-refractivity contribution in [2.75, 3.05) is 7.11 Å². The molecule has 0 aliphatic rings. The Hall–Kier alpha value is -0.610. The summed E-state index contributed by atoms with van der Waals surface area (Å²) in [6.45, 7) is 5.06. The van der Waals surface area contributed by atoms with Crippen LogP contribution in [0.1, 0.15) is 20.8 Å². The number of nitrogens with two attached hydrogens (primary N) is 1. The SMILES string of the molecule is CO[C@@H](C)[C@@](O)(C(N)=O)C(C)C. The predicted molar refractivity (Wildman–Crippen MR) is 45.5 cm³/mol. The van der Waals surface area contributed by atoms with Gasteiger partial charge in [0.1, 0.15) is 0 Å². The minimum atomic E-state index is -1.57. The van der Waals surface area contributed by atoms with E-state index in [0.29, 0.717) is 0 Å². The third kappa shape index (κ3) is 1.76. The van der Waals surface area contributed by atoms with Crippen LogP contribution in [0.5, 0.6) is 0 Å². The highest BCUT2D eigenvalue weighted by Gasteiger charge is 2.43. The second-order valence-electron chi connectivity index (χ2n) is 3.22. The molecule has 0 bridgehead atoms. The van der Waals surface area contributed by atoms with Gasteiger partial charge in [0.05, 0.1) is 6.10 Å². The lowest BCUT2D eigenvalue weighted by molar-refractivity contribution is -0.159. The summed E-state index contributed by atoms with van der Waals surface area (Å²) in [5.41, 5.74) is 3.50. The molecule has 0 aromatic carbocycles. The molecule has 3 N–H and O–H groups in total. The number of amides is 1. The van der Waals surface area contributed by atoms with Crippen molar-refractivity contribution in [3.05, 3.63) is 0 Å². The lowest BCUT2D eigenvalue weighted by Gasteiger charge is -2.33. The number of methoxy groups -OCH3 is 1. The number of primary amides is 1. The summed E-state index contributed by atoms with van der Waals surface area (Å²) in [5, 5.41) is 9.83. The Balaban J connectivity index is 4.74. The first-order valence-electron chi connectivity index (χ1n) is 3.92. The summed E-state index contributed by atoms with van der Waals surface area (Å²) in [4.78, 5) is 11.0. The van der Waals surface area contributed by atoms with E-state index in [1.807, 2.05) is 0 Å². The van der Waals surface area contributed by atoms with Crippen molar-refractivity contribution in [2.45, 2.75) is 32.5 Å². The molecule has 0 saturated heterocycles. The van der Waals surface area contributed by atoms with Gasteiger partial charge in [0.2, 0.25) is 0 Å². The molecule has 0 aliphatic carbocycles. The minimum absolute atomic E-state index is 0.259. The monoisotopic (exact) mass is 175 g/mol. The normalized spacial score (nSPS) is 18.8. The van der Waals surface area contributed by atoms with Gasteiger partial charge in [-0.05, 0) is 12.8 Å². The summed E-state index contributed by atoms with van der Waals surface area (Å²) in [5.74, 6) is -1.00. The van der Waals surface area contributed by atoms with Crippen LogP contribution in [0.25, 0.3) is 0 Å². The molecule has 4 heteroatoms. The van der Waals surface area contributed by atoms with Crippen LogP contribution < -0.4 is 5.73 Å². The van der Waals surface area contributed by atoms with Crippen LogP contribution in [0.2, 0.25) is 0 Å². The first kappa shape index (κ1) is 11.4. The van der Waals surface area contributed by atoms with Gasteiger partial charge in [0, 0.05) is 7.11 Å². The summed E-state index contributed by atoms with van der Waals surface area (Å²) in [6.07, 6.45) is -0.588. The Kier molecular flexibility index (Phi) is 3.67. The van der Waals surface area contributed by atoms with Crippen molar-refractivity contribution in [3.63, 3.8) is 0 Å². The maximum Gasteiger partial charge on any atom is 0.252 e. The van der Waals surface area contributed by atoms with Gasteiger partial charge in [-0.3, -0.25) is 4.79 Å². The minimum Gasteiger partial charge on any atom is -0.378 e. The Morgan fingerprint density at radius 3 is 2.00 bits per heavy atom. The molecule has 2 atom stereocenters. The number of carbonyl (C=O) groups is 1. The second-order valence-corrected chi connectivity index (χ2v) is 3.22. The molecule has 0 radical (unpaired) electrons. The quantitative estimate of drug-likeness (QED) is 0.626. The topological polar surface area (TPSA) is 72.6 Å². The molecule has 72 valence electrons. The van der Waals surface area contributed by atoms with Crippen molar-refractivity contribution in [1.82, 2.24) is 0 Å². The number of ether oxygens (including phenoxy) is 1. The van der Waals surface area contributed by atoms with Crippen LogP contribution in [0.15, 0.2) is 0 Å². The molecule has 4 nitrogen and oxygen atoms in total. The van der Waals surface area contributed by atoms with Gasteiger partial charge in [-0.1, -0.05) is 13.8 Å². The van der Waals surface area contributed by atoms with E-state index in [1.54, 1.807) is 20.8 Å². The zero-order chi connectivity index (χ0) is 9.94. The Morgan fingerprint density at radius 2 is 1.92 bits per heavy atom. The van der Waals surface area contributed by atoms with Crippen molar-refractivity contribution >= 4 is 5.91 Å². The molecule has 12 heavy (non-hydrogen) atoms. The van der Waals surface area contributed by atoms with Gasteiger partial charge in [-0.2, -0.15) is 0 Å². The van der Waals surface area contributed by atoms with Crippen LogP contribution in [0, 0.1) is 5.92 Å². The van der Waals surface area contributed by atoms with Gasteiger partial charge in [0.25, 0.3) is 5.91 Å². The van der Waals surface area contributed by atoms with E-state index in [4.69, 9.17) is 10.5 Å². The third-order valence-electron chi connectivity index (χ3n) is 2.25. The summed E-state index contributed by atoms with van der Waals surface area (Å²) < 4.78 is 4.89. The lowest BCUT2D eigenvalue weighted by atomic mass is 9.85. The second kappa shape index (κ2) is 3.87. The molecule has 0 saturated carbocycles. The molecule has 0 aliphatic heterocycles. The zero-order valence-corrected chi connectivity index (χ0v) is 8.00. The van der Waals surface area contributed by atoms with Crippen molar-refractivity contribution in [3.8, 4) is 0 Å². The van der Waals surface area contributed by atoms with E-state index in [9.17, 15) is 9.90 Å². The number of rotatable bonds is 4. The van der Waals surface area contributed by atoms with Crippen molar-refractivity contribution < 1.29 is 14.6 Å². The molecule has 0 spiro atoms. The Morgan fingerprint density at radius 1 is 1.50 bits per heavy atom. The fourth-order valence-electron chi connectivity index (χ4n) is 1.13. The summed E-state index contributed by atoms with van der Waals surface area (Å²) in [7, 11) is 1.43. The lowest BCUT2D eigenvalue weighted by Crippen LogP contribution is -2.56. The molecule has 0 aromatic rings. The molecule has 0 aromatic heterocycles. The number of aliphatic hydroxyl groups is 1. The molecule has 0 unspecified atom stereocenters. The Bertz CT molecular complexity index is 170. The molecular weight excluding hydrogens is 158 g/mol. The first-order chi connectivity index (χ1) is 5.37. The average molecular weight is 175 g/mol. The van der Waals surface area contributed by atoms with E-state index in [1.165, 1.54) is 7.11 Å². The van der Waals surface area contributed by atoms with E-state index in [0.717, 1.165) is 0 Å². The van der Waals surface area contributed by atoms with Crippen molar-refractivity contribution in [2.24, 2.45) is 11.7 Å². The number of carbonyl (C=O) groups excluding carboxylic acids is 1. The summed E-state index contributed by atoms with van der Waals surface area (Å²) >= 11 is 0. The van der Waals surface area contributed by atoms with Gasteiger partial charge in [-0.25, -0.2) is 0 Å². The van der Waals surface area contributed by atoms with Gasteiger partial charge < -0.3 is 15.6 Å². The van der Waals surface area contributed by atoms with E-state index < -0.39 is 17.6 Å². The molecule has 1 amide bonds. The Labute approximate surface area is 72.7 Å². The number of hydrogen-bond acceptors (Lipinski definition) is 3. The highest BCUT2D eigenvalue weighted by molar-refractivity contribution is 5.84. The fraction of sp³-hybridized carbons (Fsp3) is 0.875. The highest BCUT2D eigenvalue weighted by Crippen LogP contribution is 2.22. The van der Waals surface area contributed by atoms with E-state index in [-0.39, 0.29) is 5.92 Å². The van der Waals surface area contributed by atoms with Gasteiger partial charge in [-0.15, -0.1) is 0 Å². The van der Waals surface area contributed by atoms with Crippen LogP contribution in [-0.4, -0.2) is 29.8 Å². The van der Waals surface area contributed by atoms with Crippen LogP contribution >= 0.6 is 0 Å². The highest BCUT2D eigenvalue weighted by atomic mass is 16.5. The van der Waals surface area contributed by atoms with E-state index in [2.05, 4.69) is 0 Å². The predicted octanol–water partition coefficient (Wildman–Crippen LogP) is -0.106. The molecule has 0 rings (SSSR count). The molecular formula is C8H17NO3. The van der Waals surface area contributed by atoms with Crippen LogP contribution in [0.4, 0.5) is 0 Å². The smallest absolute Gasteiger partial charge is 0.252 e. The maximum atomic E-state index is 11.0. The average Bonchev–Trinajstić information content (AvgIpc) is 2.00. The maximum absolute atomic E-state index is 11.0. The molecule has 0 fully saturated rings. The van der Waals surface area contributed by atoms with Gasteiger partial charge >= 0.3 is 0 Å². The molecule has 0 heterocycles. The zero-order valence-electron chi connectivity index (χ0n) is 8.00. The van der Waals surface area contributed by atoms with Crippen LogP contribution in [0.3, 0.4) is 0 Å². The largest absolute Gasteiger partial charge is 0.378 e. The fourth-order valence-corrected chi connectivity index (χ4v) is 1.13. The van der Waals surface area contributed by atoms with Crippen molar-refractivity contribution in [1.29, 1.82) is 0 Å². The van der Waals surface area contributed by atoms with Gasteiger partial charge in [0.15, 0.2) is 5.60 Å². The standard InChI is InChI=1S/C8H17NO3/c1-5(2)8(11,7(9)10)6(3)12-4/h5-6,11H,1-4H3,(H2,9,10)/t6-,8+/m0/s1.